The molecule has 0 saturated carbocycles. The van der Waals surface area contributed by atoms with Gasteiger partial charge in [0, 0.05) is 38.5 Å². The average molecular weight is 913 g/mol. The van der Waals surface area contributed by atoms with E-state index in [1.165, 1.54) is 25.7 Å². The molecule has 0 aromatic carbocycles. The summed E-state index contributed by atoms with van der Waals surface area (Å²) in [5, 5.41) is 10.6. The second-order valence-electron chi connectivity index (χ2n) is 17.5. The van der Waals surface area contributed by atoms with Gasteiger partial charge in [-0.3, -0.25) is 28.8 Å². The van der Waals surface area contributed by atoms with Gasteiger partial charge in [0.05, 0.1) is 6.10 Å². The van der Waals surface area contributed by atoms with E-state index in [0.29, 0.717) is 12.8 Å². The van der Waals surface area contributed by atoms with Crippen molar-refractivity contribution in [1.82, 2.24) is 0 Å². The number of esters is 6. The van der Waals surface area contributed by atoms with E-state index in [1.807, 2.05) is 0 Å². The fourth-order valence-corrected chi connectivity index (χ4v) is 7.06. The molecular weight excluding hydrogens is 821 g/mol. The van der Waals surface area contributed by atoms with E-state index in [4.69, 9.17) is 28.4 Å². The molecule has 13 nitrogen and oxygen atoms in total. The summed E-state index contributed by atoms with van der Waals surface area (Å²) < 4.78 is 32.8. The molecule has 0 aliphatic carbocycles. The third kappa shape index (κ3) is 41.5. The molecule has 1 N–H and O–H groups in total. The van der Waals surface area contributed by atoms with Crippen LogP contribution in [0.5, 0.6) is 0 Å². The lowest BCUT2D eigenvalue weighted by Gasteiger charge is -2.19. The zero-order valence-corrected chi connectivity index (χ0v) is 40.9. The van der Waals surface area contributed by atoms with Gasteiger partial charge in [0.25, 0.3) is 0 Å². The fraction of sp³-hybridized carbons (Fsp3) is 0.882. The molecule has 0 aliphatic heterocycles. The Morgan fingerprint density at radius 1 is 0.312 bits per heavy atom. The fourth-order valence-electron chi connectivity index (χ4n) is 7.06. The third-order valence-electron chi connectivity index (χ3n) is 11.1. The van der Waals surface area contributed by atoms with Gasteiger partial charge in [-0.1, -0.05) is 156 Å². The van der Waals surface area contributed by atoms with Crippen molar-refractivity contribution in [2.75, 3.05) is 26.4 Å². The first-order valence-corrected chi connectivity index (χ1v) is 25.7. The van der Waals surface area contributed by atoms with Gasteiger partial charge in [-0.05, 0) is 51.4 Å². The number of ether oxygens (including phenoxy) is 6. The summed E-state index contributed by atoms with van der Waals surface area (Å²) in [5.74, 6) is -2.68. The summed E-state index contributed by atoms with van der Waals surface area (Å²) in [5.41, 5.74) is 0. The summed E-state index contributed by atoms with van der Waals surface area (Å²) >= 11 is 0. The minimum atomic E-state index is -0.943. The van der Waals surface area contributed by atoms with E-state index < -0.39 is 30.3 Å². The van der Waals surface area contributed by atoms with E-state index in [-0.39, 0.29) is 102 Å². The van der Waals surface area contributed by atoms with Crippen LogP contribution in [0.2, 0.25) is 0 Å². The van der Waals surface area contributed by atoms with Gasteiger partial charge in [-0.25, -0.2) is 0 Å². The Kier molecular flexibility index (Phi) is 42.7. The van der Waals surface area contributed by atoms with Gasteiger partial charge < -0.3 is 33.5 Å². The second-order valence-corrected chi connectivity index (χ2v) is 17.5. The molecule has 0 heterocycles. The standard InChI is InChI=1S/C51H92O13/c1-5-9-13-17-21-25-33-46(53)59-39-44(40-60-47(54)34-26-22-18-14-10-6-2)63-50(57)37-29-31-43(52)32-30-38-51(58)64-45(41-61-48(55)35-27-23-19-15-11-7-3)42-62-49(56)36-28-24-20-16-12-8-4/h43-45,52H,5-42H2,1-4H3. The summed E-state index contributed by atoms with van der Waals surface area (Å²) in [6.07, 6.45) is 24.3. The molecule has 0 bridgehead atoms. The maximum atomic E-state index is 12.8. The van der Waals surface area contributed by atoms with E-state index in [9.17, 15) is 33.9 Å². The topological polar surface area (TPSA) is 178 Å². The van der Waals surface area contributed by atoms with Gasteiger partial charge in [0.15, 0.2) is 12.2 Å². The molecule has 13 heteroatoms. The average Bonchev–Trinajstić information content (AvgIpc) is 3.27. The largest absolute Gasteiger partial charge is 0.462 e. The van der Waals surface area contributed by atoms with Crippen LogP contribution in [0.3, 0.4) is 0 Å². The number of hydrogen-bond donors (Lipinski definition) is 1. The van der Waals surface area contributed by atoms with E-state index in [2.05, 4.69) is 27.7 Å². The number of aliphatic hydroxyl groups is 1. The maximum Gasteiger partial charge on any atom is 0.306 e. The van der Waals surface area contributed by atoms with Crippen molar-refractivity contribution in [3.63, 3.8) is 0 Å². The third-order valence-corrected chi connectivity index (χ3v) is 11.1. The Bertz CT molecular complexity index is 1020. The molecule has 0 saturated heterocycles. The van der Waals surface area contributed by atoms with Crippen molar-refractivity contribution < 1.29 is 62.3 Å². The number of hydrogen-bond acceptors (Lipinski definition) is 13. The molecule has 0 spiro atoms. The van der Waals surface area contributed by atoms with Crippen LogP contribution in [0.1, 0.15) is 246 Å². The van der Waals surface area contributed by atoms with Crippen molar-refractivity contribution in [3.05, 3.63) is 0 Å². The second kappa shape index (κ2) is 45.0. The van der Waals surface area contributed by atoms with Crippen molar-refractivity contribution in [1.29, 1.82) is 0 Å². The highest BCUT2D eigenvalue weighted by Gasteiger charge is 2.22. The Balaban J connectivity index is 4.89. The van der Waals surface area contributed by atoms with Gasteiger partial charge >= 0.3 is 35.8 Å². The van der Waals surface area contributed by atoms with E-state index >= 15 is 0 Å². The van der Waals surface area contributed by atoms with E-state index in [0.717, 1.165) is 128 Å². The number of unbranched alkanes of at least 4 members (excludes halogenated alkanes) is 20. The molecular formula is C51H92O13. The van der Waals surface area contributed by atoms with Gasteiger partial charge in [-0.15, -0.1) is 0 Å². The number of carbonyl (C=O) groups is 6. The molecule has 64 heavy (non-hydrogen) atoms. The molecule has 0 aromatic rings. The quantitative estimate of drug-likeness (QED) is 0.0347. The zero-order chi connectivity index (χ0) is 47.3. The van der Waals surface area contributed by atoms with Crippen LogP contribution in [0.25, 0.3) is 0 Å². The molecule has 0 rings (SSSR count). The normalized spacial score (nSPS) is 11.2. The smallest absolute Gasteiger partial charge is 0.306 e. The lowest BCUT2D eigenvalue weighted by atomic mass is 10.1. The van der Waals surface area contributed by atoms with Crippen molar-refractivity contribution in [2.45, 2.75) is 264 Å². The molecule has 0 aliphatic rings. The molecule has 0 amide bonds. The lowest BCUT2D eigenvalue weighted by Crippen LogP contribution is -2.31. The van der Waals surface area contributed by atoms with Gasteiger partial charge in [0.1, 0.15) is 26.4 Å². The Hall–Kier alpha value is -3.22. The van der Waals surface area contributed by atoms with Crippen LogP contribution in [-0.4, -0.2) is 85.7 Å². The number of rotatable bonds is 46. The van der Waals surface area contributed by atoms with E-state index in [1.54, 1.807) is 0 Å². The van der Waals surface area contributed by atoms with Crippen LogP contribution >= 0.6 is 0 Å². The first-order valence-electron chi connectivity index (χ1n) is 25.7. The zero-order valence-electron chi connectivity index (χ0n) is 40.9. The molecule has 0 aromatic heterocycles. The van der Waals surface area contributed by atoms with Crippen molar-refractivity contribution >= 4 is 35.8 Å². The number of aliphatic hydroxyl groups excluding tert-OH is 1. The Morgan fingerprint density at radius 2 is 0.531 bits per heavy atom. The Labute approximate surface area is 387 Å². The molecule has 374 valence electrons. The summed E-state index contributed by atoms with van der Waals surface area (Å²) in [6.45, 7) is 7.75. The van der Waals surface area contributed by atoms with Crippen LogP contribution < -0.4 is 0 Å². The summed E-state index contributed by atoms with van der Waals surface area (Å²) in [6, 6.07) is 0. The first kappa shape index (κ1) is 60.8. The molecule has 0 radical (unpaired) electrons. The first-order chi connectivity index (χ1) is 31.0. The minimum absolute atomic E-state index is 0.0101. The predicted octanol–water partition coefficient (Wildman–Crippen LogP) is 11.7. The highest BCUT2D eigenvalue weighted by Crippen LogP contribution is 2.15. The van der Waals surface area contributed by atoms with Gasteiger partial charge in [0.2, 0.25) is 0 Å². The highest BCUT2D eigenvalue weighted by atomic mass is 16.6. The predicted molar refractivity (Wildman–Crippen MR) is 249 cm³/mol. The van der Waals surface area contributed by atoms with Crippen molar-refractivity contribution in [3.8, 4) is 0 Å². The van der Waals surface area contributed by atoms with Crippen LogP contribution in [0.15, 0.2) is 0 Å². The lowest BCUT2D eigenvalue weighted by molar-refractivity contribution is -0.167. The van der Waals surface area contributed by atoms with Crippen LogP contribution in [-0.2, 0) is 57.2 Å². The minimum Gasteiger partial charge on any atom is -0.462 e. The number of carbonyl (C=O) groups excluding carboxylic acids is 6. The molecule has 0 atom stereocenters. The Morgan fingerprint density at radius 3 is 0.781 bits per heavy atom. The van der Waals surface area contributed by atoms with Gasteiger partial charge in [-0.2, -0.15) is 0 Å². The maximum absolute atomic E-state index is 12.8. The van der Waals surface area contributed by atoms with Crippen LogP contribution in [0, 0.1) is 0 Å². The molecule has 0 unspecified atom stereocenters. The monoisotopic (exact) mass is 913 g/mol. The van der Waals surface area contributed by atoms with Crippen molar-refractivity contribution in [2.24, 2.45) is 0 Å². The SMILES string of the molecule is CCCCCCCCC(=O)OCC(COC(=O)CCCCCCCC)OC(=O)CCCC(O)CCCC(=O)OC(COC(=O)CCCCCCCC)COC(=O)CCCCCCCC. The van der Waals surface area contributed by atoms with Crippen LogP contribution in [0.4, 0.5) is 0 Å². The summed E-state index contributed by atoms with van der Waals surface area (Å²) in [4.78, 5) is 75.2. The molecule has 0 fully saturated rings. The summed E-state index contributed by atoms with van der Waals surface area (Å²) in [7, 11) is 0. The highest BCUT2D eigenvalue weighted by molar-refractivity contribution is 5.72.